The number of halogens is 3. The summed E-state index contributed by atoms with van der Waals surface area (Å²) < 4.78 is 45.6. The lowest BCUT2D eigenvalue weighted by Crippen LogP contribution is -2.17. The fourth-order valence-corrected chi connectivity index (χ4v) is 3.39. The lowest BCUT2D eigenvalue weighted by Gasteiger charge is -2.11. The molecule has 1 amide bonds. The first-order valence-corrected chi connectivity index (χ1v) is 8.88. The van der Waals surface area contributed by atoms with Gasteiger partial charge >= 0.3 is 6.18 Å². The van der Waals surface area contributed by atoms with E-state index in [1.807, 2.05) is 0 Å². The molecule has 0 bridgehead atoms. The van der Waals surface area contributed by atoms with Crippen molar-refractivity contribution in [3.05, 3.63) is 65.2 Å². The van der Waals surface area contributed by atoms with Crippen molar-refractivity contribution >= 4 is 22.9 Å². The molecular formula is C19H15F3N2O2S. The smallest absolute Gasteiger partial charge is 0.435 e. The number of carbonyl (C=O) groups is 1. The highest BCUT2D eigenvalue weighted by Crippen LogP contribution is 2.38. The molecule has 0 atom stereocenters. The molecule has 1 heterocycles. The second-order valence-electron chi connectivity index (χ2n) is 5.44. The molecule has 27 heavy (non-hydrogen) atoms. The van der Waals surface area contributed by atoms with Gasteiger partial charge in [0, 0.05) is 5.56 Å². The summed E-state index contributed by atoms with van der Waals surface area (Å²) in [5, 5.41) is 2.63. The van der Waals surface area contributed by atoms with Gasteiger partial charge in [-0.3, -0.25) is 4.79 Å². The molecule has 2 aromatic carbocycles. The van der Waals surface area contributed by atoms with Crippen LogP contribution < -0.4 is 10.1 Å². The number of nitrogens with zero attached hydrogens (tertiary/aromatic N) is 1. The average molecular weight is 392 g/mol. The number of nitrogens with one attached hydrogen (secondary N) is 1. The van der Waals surface area contributed by atoms with Crippen molar-refractivity contribution in [2.24, 2.45) is 0 Å². The minimum atomic E-state index is -4.74. The molecule has 140 valence electrons. The monoisotopic (exact) mass is 392 g/mol. The molecule has 1 N–H and O–H groups in total. The number of carbonyl (C=O) groups excluding carboxylic acids is 1. The summed E-state index contributed by atoms with van der Waals surface area (Å²) in [6.07, 6.45) is -4.74. The molecule has 0 aliphatic carbocycles. The van der Waals surface area contributed by atoms with Gasteiger partial charge in [-0.25, -0.2) is 4.98 Å². The third kappa shape index (κ3) is 4.28. The molecule has 0 saturated heterocycles. The Morgan fingerprint density at radius 2 is 1.78 bits per heavy atom. The fourth-order valence-electron chi connectivity index (χ4n) is 2.40. The number of para-hydroxylation sites is 2. The average Bonchev–Trinajstić information content (AvgIpc) is 3.10. The van der Waals surface area contributed by atoms with Crippen LogP contribution in [0.3, 0.4) is 0 Å². The molecule has 8 heteroatoms. The van der Waals surface area contributed by atoms with Gasteiger partial charge in [0.2, 0.25) is 0 Å². The number of anilines is 1. The molecule has 0 aliphatic heterocycles. The Morgan fingerprint density at radius 3 is 2.44 bits per heavy atom. The molecule has 3 rings (SSSR count). The fraction of sp³-hybridized carbons (Fsp3) is 0.158. The van der Waals surface area contributed by atoms with Crippen molar-refractivity contribution in [1.82, 2.24) is 4.98 Å². The van der Waals surface area contributed by atoms with Crippen LogP contribution in [0.4, 0.5) is 18.9 Å². The van der Waals surface area contributed by atoms with Crippen LogP contribution in [0.5, 0.6) is 5.75 Å². The first-order valence-electron chi connectivity index (χ1n) is 8.06. The predicted molar refractivity (Wildman–Crippen MR) is 98.1 cm³/mol. The van der Waals surface area contributed by atoms with E-state index in [1.165, 1.54) is 0 Å². The quantitative estimate of drug-likeness (QED) is 0.626. The standard InChI is InChI=1S/C19H15F3N2O2S/c1-2-26-14-11-7-6-10-13(14)23-17(25)15-16(19(20,21)22)24-18(27-15)12-8-4-3-5-9-12/h3-11H,2H2,1H3,(H,23,25). The van der Waals surface area contributed by atoms with Gasteiger partial charge in [-0.1, -0.05) is 42.5 Å². The highest BCUT2D eigenvalue weighted by molar-refractivity contribution is 7.17. The van der Waals surface area contributed by atoms with Crippen molar-refractivity contribution < 1.29 is 22.7 Å². The van der Waals surface area contributed by atoms with Crippen LogP contribution in [0.25, 0.3) is 10.6 Å². The van der Waals surface area contributed by atoms with Gasteiger partial charge in [0.1, 0.15) is 15.6 Å². The molecule has 0 unspecified atom stereocenters. The molecule has 3 aromatic rings. The Hall–Kier alpha value is -2.87. The van der Waals surface area contributed by atoms with Gasteiger partial charge in [-0.05, 0) is 19.1 Å². The lowest BCUT2D eigenvalue weighted by molar-refractivity contribution is -0.140. The molecule has 0 fully saturated rings. The second-order valence-corrected chi connectivity index (χ2v) is 6.44. The van der Waals surface area contributed by atoms with E-state index in [0.29, 0.717) is 34.9 Å². The largest absolute Gasteiger partial charge is 0.492 e. The topological polar surface area (TPSA) is 51.2 Å². The van der Waals surface area contributed by atoms with Crippen LogP contribution >= 0.6 is 11.3 Å². The zero-order valence-electron chi connectivity index (χ0n) is 14.2. The summed E-state index contributed by atoms with van der Waals surface area (Å²) in [5.74, 6) is -0.496. The predicted octanol–water partition coefficient (Wildman–Crippen LogP) is 5.48. The summed E-state index contributed by atoms with van der Waals surface area (Å²) in [6, 6.07) is 15.0. The lowest BCUT2D eigenvalue weighted by atomic mass is 10.2. The van der Waals surface area contributed by atoms with E-state index in [4.69, 9.17) is 4.74 Å². The Bertz CT molecular complexity index is 940. The molecule has 4 nitrogen and oxygen atoms in total. The molecule has 0 spiro atoms. The maximum Gasteiger partial charge on any atom is 0.435 e. The SMILES string of the molecule is CCOc1ccccc1NC(=O)c1sc(-c2ccccc2)nc1C(F)(F)F. The number of benzene rings is 2. The van der Waals surface area contributed by atoms with Crippen molar-refractivity contribution in [3.8, 4) is 16.3 Å². The Morgan fingerprint density at radius 1 is 1.11 bits per heavy atom. The number of alkyl halides is 3. The van der Waals surface area contributed by atoms with E-state index in [2.05, 4.69) is 10.3 Å². The van der Waals surface area contributed by atoms with E-state index in [0.717, 1.165) is 0 Å². The first-order chi connectivity index (χ1) is 12.9. The highest BCUT2D eigenvalue weighted by Gasteiger charge is 2.39. The maximum atomic E-state index is 13.4. The van der Waals surface area contributed by atoms with E-state index >= 15 is 0 Å². The van der Waals surface area contributed by atoms with Crippen molar-refractivity contribution in [3.63, 3.8) is 0 Å². The summed E-state index contributed by atoms with van der Waals surface area (Å²) in [5.41, 5.74) is -0.383. The Kier molecular flexibility index (Phi) is 5.46. The zero-order valence-corrected chi connectivity index (χ0v) is 15.0. The van der Waals surface area contributed by atoms with Crippen molar-refractivity contribution in [2.45, 2.75) is 13.1 Å². The van der Waals surface area contributed by atoms with E-state index in [-0.39, 0.29) is 5.01 Å². The van der Waals surface area contributed by atoms with Crippen LogP contribution in [-0.2, 0) is 6.18 Å². The molecule has 1 aromatic heterocycles. The van der Waals surface area contributed by atoms with Crippen molar-refractivity contribution in [2.75, 3.05) is 11.9 Å². The summed E-state index contributed by atoms with van der Waals surface area (Å²) in [4.78, 5) is 15.8. The number of thiazole rings is 1. The molecule has 0 aliphatic rings. The number of ether oxygens (including phenoxy) is 1. The van der Waals surface area contributed by atoms with E-state index in [9.17, 15) is 18.0 Å². The summed E-state index contributed by atoms with van der Waals surface area (Å²) >= 11 is 0.702. The van der Waals surface area contributed by atoms with Gasteiger partial charge < -0.3 is 10.1 Å². The minimum Gasteiger partial charge on any atom is -0.492 e. The van der Waals surface area contributed by atoms with Gasteiger partial charge in [0.25, 0.3) is 5.91 Å². The van der Waals surface area contributed by atoms with Gasteiger partial charge in [-0.15, -0.1) is 11.3 Å². The maximum absolute atomic E-state index is 13.4. The minimum absolute atomic E-state index is 0.131. The highest BCUT2D eigenvalue weighted by atomic mass is 32.1. The number of hydrogen-bond acceptors (Lipinski definition) is 4. The van der Waals surface area contributed by atoms with Crippen LogP contribution in [0.15, 0.2) is 54.6 Å². The number of hydrogen-bond donors (Lipinski definition) is 1. The van der Waals surface area contributed by atoms with Gasteiger partial charge in [0.05, 0.1) is 12.3 Å². The summed E-state index contributed by atoms with van der Waals surface area (Å²) in [7, 11) is 0. The van der Waals surface area contributed by atoms with Gasteiger partial charge in [-0.2, -0.15) is 13.2 Å². The molecule has 0 radical (unpaired) electrons. The van der Waals surface area contributed by atoms with E-state index in [1.54, 1.807) is 61.5 Å². The normalized spacial score (nSPS) is 11.3. The Balaban J connectivity index is 1.98. The third-order valence-corrected chi connectivity index (χ3v) is 4.66. The van der Waals surface area contributed by atoms with Gasteiger partial charge in [0.15, 0.2) is 5.69 Å². The number of amides is 1. The van der Waals surface area contributed by atoms with E-state index < -0.39 is 22.7 Å². The zero-order chi connectivity index (χ0) is 19.4. The summed E-state index contributed by atoms with van der Waals surface area (Å²) in [6.45, 7) is 2.13. The second kappa shape index (κ2) is 7.79. The van der Waals surface area contributed by atoms with Crippen LogP contribution in [0, 0.1) is 0 Å². The molecular weight excluding hydrogens is 377 g/mol. The number of rotatable bonds is 5. The first kappa shape index (κ1) is 18.9. The molecule has 0 saturated carbocycles. The number of aromatic nitrogens is 1. The Labute approximate surface area is 157 Å². The van der Waals surface area contributed by atoms with Crippen LogP contribution in [0.2, 0.25) is 0 Å². The van der Waals surface area contributed by atoms with Crippen molar-refractivity contribution in [1.29, 1.82) is 0 Å². The third-order valence-electron chi connectivity index (χ3n) is 3.56. The van der Waals surface area contributed by atoms with Crippen LogP contribution in [-0.4, -0.2) is 17.5 Å². The van der Waals surface area contributed by atoms with Crippen LogP contribution in [0.1, 0.15) is 22.3 Å².